The van der Waals surface area contributed by atoms with Crippen LogP contribution in [0.5, 0.6) is 0 Å². The number of rotatable bonds is 5. The van der Waals surface area contributed by atoms with Gasteiger partial charge in [0.25, 0.3) is 0 Å². The van der Waals surface area contributed by atoms with Crippen molar-refractivity contribution in [3.63, 3.8) is 0 Å². The van der Waals surface area contributed by atoms with E-state index in [2.05, 4.69) is 17.1 Å². The Labute approximate surface area is 125 Å². The van der Waals surface area contributed by atoms with Gasteiger partial charge in [0.15, 0.2) is 0 Å². The van der Waals surface area contributed by atoms with E-state index >= 15 is 0 Å². The summed E-state index contributed by atoms with van der Waals surface area (Å²) >= 11 is 0. The molecule has 1 fully saturated rings. The number of likely N-dealkylation sites (tertiary alicyclic amines) is 1. The summed E-state index contributed by atoms with van der Waals surface area (Å²) in [5.74, 6) is -0.485. The summed E-state index contributed by atoms with van der Waals surface area (Å²) in [4.78, 5) is 14.4. The van der Waals surface area contributed by atoms with Crippen LogP contribution in [0.1, 0.15) is 39.0 Å². The molecule has 1 atom stereocenters. The van der Waals surface area contributed by atoms with Crippen LogP contribution in [0.3, 0.4) is 0 Å². The predicted octanol–water partition coefficient (Wildman–Crippen LogP) is 3.00. The molecule has 0 radical (unpaired) electrons. The van der Waals surface area contributed by atoms with Gasteiger partial charge in [-0.1, -0.05) is 19.8 Å². The maximum Gasteiger partial charge on any atom is 0.238 e. The van der Waals surface area contributed by atoms with Crippen LogP contribution in [0, 0.1) is 5.82 Å². The number of anilines is 2. The van der Waals surface area contributed by atoms with Gasteiger partial charge in [0.05, 0.1) is 17.9 Å². The topological polar surface area (TPSA) is 58.4 Å². The van der Waals surface area contributed by atoms with E-state index in [-0.39, 0.29) is 11.6 Å². The number of halogens is 1. The van der Waals surface area contributed by atoms with Crippen LogP contribution < -0.4 is 11.1 Å². The highest BCUT2D eigenvalue weighted by Crippen LogP contribution is 2.22. The summed E-state index contributed by atoms with van der Waals surface area (Å²) in [6, 6.07) is 4.52. The van der Waals surface area contributed by atoms with Gasteiger partial charge in [0.2, 0.25) is 5.91 Å². The number of carbonyl (C=O) groups is 1. The standard InChI is InChI=1S/C16H24FN3O/c1-2-5-13-6-3-4-9-20(13)11-16(21)19-15-8-7-12(17)10-14(15)18/h7-8,10,13H,2-6,9,11,18H2,1H3,(H,19,21). The second kappa shape index (κ2) is 7.41. The molecule has 0 aliphatic carbocycles. The Kier molecular flexibility index (Phi) is 5.56. The lowest BCUT2D eigenvalue weighted by atomic mass is 9.98. The fourth-order valence-electron chi connectivity index (χ4n) is 2.95. The van der Waals surface area contributed by atoms with E-state index < -0.39 is 5.82 Å². The Bertz CT molecular complexity index is 490. The minimum Gasteiger partial charge on any atom is -0.397 e. The molecule has 1 amide bonds. The lowest BCUT2D eigenvalue weighted by Crippen LogP contribution is -2.43. The minimum absolute atomic E-state index is 0.0867. The van der Waals surface area contributed by atoms with E-state index in [0.717, 1.165) is 25.8 Å². The van der Waals surface area contributed by atoms with Crippen molar-refractivity contribution < 1.29 is 9.18 Å². The Hall–Kier alpha value is -1.62. The van der Waals surface area contributed by atoms with Crippen molar-refractivity contribution in [1.82, 2.24) is 4.90 Å². The monoisotopic (exact) mass is 293 g/mol. The van der Waals surface area contributed by atoms with Crippen LogP contribution in [-0.4, -0.2) is 29.9 Å². The van der Waals surface area contributed by atoms with Crippen molar-refractivity contribution in [3.8, 4) is 0 Å². The molecule has 1 aromatic carbocycles. The van der Waals surface area contributed by atoms with Gasteiger partial charge in [0, 0.05) is 6.04 Å². The van der Waals surface area contributed by atoms with E-state index in [9.17, 15) is 9.18 Å². The first-order valence-electron chi connectivity index (χ1n) is 7.69. The largest absolute Gasteiger partial charge is 0.397 e. The summed E-state index contributed by atoms with van der Waals surface area (Å²) in [5, 5.41) is 2.78. The van der Waals surface area contributed by atoms with Gasteiger partial charge >= 0.3 is 0 Å². The van der Waals surface area contributed by atoms with Crippen LogP contribution in [-0.2, 0) is 4.79 Å². The van der Waals surface area contributed by atoms with E-state index in [1.807, 2.05) is 0 Å². The average molecular weight is 293 g/mol. The summed E-state index contributed by atoms with van der Waals surface area (Å²) in [5.41, 5.74) is 6.44. The van der Waals surface area contributed by atoms with Crippen LogP contribution in [0.4, 0.5) is 15.8 Å². The Morgan fingerprint density at radius 1 is 1.48 bits per heavy atom. The molecule has 1 unspecified atom stereocenters. The number of nitrogens with one attached hydrogen (secondary N) is 1. The number of carbonyl (C=O) groups excluding carboxylic acids is 1. The third-order valence-corrected chi connectivity index (χ3v) is 4.01. The van der Waals surface area contributed by atoms with Crippen molar-refractivity contribution in [3.05, 3.63) is 24.0 Å². The molecule has 1 saturated heterocycles. The van der Waals surface area contributed by atoms with E-state index in [1.165, 1.54) is 31.0 Å². The van der Waals surface area contributed by atoms with E-state index in [1.54, 1.807) is 0 Å². The number of amides is 1. The molecule has 3 N–H and O–H groups in total. The van der Waals surface area contributed by atoms with Crippen molar-refractivity contribution in [2.75, 3.05) is 24.1 Å². The summed E-state index contributed by atoms with van der Waals surface area (Å²) in [6.45, 7) is 3.52. The van der Waals surface area contributed by atoms with Crippen LogP contribution >= 0.6 is 0 Å². The molecule has 21 heavy (non-hydrogen) atoms. The Morgan fingerprint density at radius 2 is 2.29 bits per heavy atom. The van der Waals surface area contributed by atoms with Gasteiger partial charge in [-0.3, -0.25) is 9.69 Å². The third kappa shape index (κ3) is 4.43. The predicted molar refractivity (Wildman–Crippen MR) is 83.6 cm³/mol. The number of hydrogen-bond donors (Lipinski definition) is 2. The van der Waals surface area contributed by atoms with Gasteiger partial charge in [-0.05, 0) is 44.0 Å². The molecule has 0 saturated carbocycles. The molecule has 1 heterocycles. The summed E-state index contributed by atoms with van der Waals surface area (Å²) < 4.78 is 13.0. The van der Waals surface area contributed by atoms with Crippen LogP contribution in [0.2, 0.25) is 0 Å². The zero-order valence-electron chi connectivity index (χ0n) is 12.6. The zero-order chi connectivity index (χ0) is 15.2. The minimum atomic E-state index is -0.399. The van der Waals surface area contributed by atoms with E-state index in [4.69, 9.17) is 5.73 Å². The van der Waals surface area contributed by atoms with Gasteiger partial charge in [-0.15, -0.1) is 0 Å². The average Bonchev–Trinajstić information content (AvgIpc) is 2.44. The normalized spacial score (nSPS) is 19.4. The van der Waals surface area contributed by atoms with Crippen molar-refractivity contribution in [2.24, 2.45) is 0 Å². The SMILES string of the molecule is CCCC1CCCCN1CC(=O)Nc1ccc(F)cc1N. The summed E-state index contributed by atoms with van der Waals surface area (Å²) in [7, 11) is 0. The maximum atomic E-state index is 13.0. The molecule has 0 aromatic heterocycles. The van der Waals surface area contributed by atoms with Crippen LogP contribution in [0.15, 0.2) is 18.2 Å². The molecular weight excluding hydrogens is 269 g/mol. The van der Waals surface area contributed by atoms with Gasteiger partial charge in [-0.2, -0.15) is 0 Å². The zero-order valence-corrected chi connectivity index (χ0v) is 12.6. The Balaban J connectivity index is 1.93. The third-order valence-electron chi connectivity index (χ3n) is 4.01. The van der Waals surface area contributed by atoms with Crippen molar-refractivity contribution in [1.29, 1.82) is 0 Å². The molecule has 1 aliphatic heterocycles. The smallest absolute Gasteiger partial charge is 0.238 e. The van der Waals surface area contributed by atoms with Gasteiger partial charge in [0.1, 0.15) is 5.82 Å². The first-order chi connectivity index (χ1) is 10.1. The molecule has 1 aliphatic rings. The van der Waals surface area contributed by atoms with Gasteiger partial charge in [-0.25, -0.2) is 4.39 Å². The highest BCUT2D eigenvalue weighted by Gasteiger charge is 2.23. The number of piperidine rings is 1. The lowest BCUT2D eigenvalue weighted by Gasteiger charge is -2.35. The first-order valence-corrected chi connectivity index (χ1v) is 7.69. The van der Waals surface area contributed by atoms with E-state index in [0.29, 0.717) is 18.3 Å². The first kappa shape index (κ1) is 15.8. The second-order valence-corrected chi connectivity index (χ2v) is 5.69. The lowest BCUT2D eigenvalue weighted by molar-refractivity contribution is -0.118. The summed E-state index contributed by atoms with van der Waals surface area (Å²) in [6.07, 6.45) is 5.82. The maximum absolute atomic E-state index is 13.0. The molecule has 1 aromatic rings. The molecule has 116 valence electrons. The highest BCUT2D eigenvalue weighted by molar-refractivity contribution is 5.95. The fraction of sp³-hybridized carbons (Fsp3) is 0.562. The number of nitrogen functional groups attached to an aromatic ring is 1. The molecule has 5 heteroatoms. The number of benzene rings is 1. The highest BCUT2D eigenvalue weighted by atomic mass is 19.1. The van der Waals surface area contributed by atoms with Crippen LogP contribution in [0.25, 0.3) is 0 Å². The molecule has 4 nitrogen and oxygen atoms in total. The number of nitrogens with zero attached hydrogens (tertiary/aromatic N) is 1. The molecule has 2 rings (SSSR count). The molecule has 0 spiro atoms. The Morgan fingerprint density at radius 3 is 3.00 bits per heavy atom. The fourth-order valence-corrected chi connectivity index (χ4v) is 2.95. The van der Waals surface area contributed by atoms with Gasteiger partial charge < -0.3 is 11.1 Å². The quantitative estimate of drug-likeness (QED) is 0.821. The molecular formula is C16H24FN3O. The van der Waals surface area contributed by atoms with Crippen molar-refractivity contribution >= 4 is 17.3 Å². The van der Waals surface area contributed by atoms with Crippen molar-refractivity contribution in [2.45, 2.75) is 45.1 Å². The second-order valence-electron chi connectivity index (χ2n) is 5.69. The number of hydrogen-bond acceptors (Lipinski definition) is 3. The molecule has 0 bridgehead atoms. The number of nitrogens with two attached hydrogens (primary N) is 1.